The number of aromatic nitrogens is 5. The Hall–Kier alpha value is -3.89. The maximum absolute atomic E-state index is 9.69. The van der Waals surface area contributed by atoms with Crippen LogP contribution in [0.5, 0.6) is 0 Å². The summed E-state index contributed by atoms with van der Waals surface area (Å²) in [6.07, 6.45) is 7.52. The lowest BCUT2D eigenvalue weighted by molar-refractivity contribution is 0.714. The summed E-state index contributed by atoms with van der Waals surface area (Å²) in [6, 6.07) is 22.4. The summed E-state index contributed by atoms with van der Waals surface area (Å²) in [5.41, 5.74) is 4.69. The molecular weight excluding hydrogens is 404 g/mol. The van der Waals surface area contributed by atoms with Crippen molar-refractivity contribution in [1.29, 1.82) is 5.26 Å². The van der Waals surface area contributed by atoms with Gasteiger partial charge in [0.25, 0.3) is 0 Å². The van der Waals surface area contributed by atoms with Gasteiger partial charge in [0.2, 0.25) is 0 Å². The van der Waals surface area contributed by atoms with Crippen molar-refractivity contribution in [2.75, 3.05) is 0 Å². The molecule has 1 aromatic carbocycles. The van der Waals surface area contributed by atoms with Crippen LogP contribution in [0, 0.1) is 11.3 Å². The molecule has 0 fully saturated rings. The number of pyridine rings is 2. The fraction of sp³-hybridized carbons (Fsp3) is 0.0833. The molecule has 0 spiro atoms. The summed E-state index contributed by atoms with van der Waals surface area (Å²) in [6.45, 7) is 0.656. The normalized spacial score (nSPS) is 10.9. The van der Waals surface area contributed by atoms with E-state index >= 15 is 0 Å². The fourth-order valence-corrected chi connectivity index (χ4v) is 4.48. The molecule has 5 rings (SSSR count). The van der Waals surface area contributed by atoms with E-state index in [1.807, 2.05) is 65.3 Å². The van der Waals surface area contributed by atoms with E-state index in [1.54, 1.807) is 24.2 Å². The maximum atomic E-state index is 9.69. The van der Waals surface area contributed by atoms with Crippen molar-refractivity contribution in [3.8, 4) is 17.5 Å². The molecule has 0 aliphatic heterocycles. The molecule has 0 aliphatic carbocycles. The second kappa shape index (κ2) is 8.46. The predicted octanol–water partition coefficient (Wildman–Crippen LogP) is 4.81. The molecule has 5 aromatic rings. The molecule has 0 atom stereocenters. The number of nitrogens with zero attached hydrogens (tertiary/aromatic N) is 6. The lowest BCUT2D eigenvalue weighted by Crippen LogP contribution is -2.04. The van der Waals surface area contributed by atoms with Crippen molar-refractivity contribution >= 4 is 17.3 Å². The van der Waals surface area contributed by atoms with Gasteiger partial charge >= 0.3 is 0 Å². The second-order valence-electron chi connectivity index (χ2n) is 7.04. The molecular formula is C24H18N6S. The van der Waals surface area contributed by atoms with Crippen molar-refractivity contribution in [2.24, 2.45) is 0 Å². The molecule has 0 radical (unpaired) electrons. The first-order chi connectivity index (χ1) is 15.3. The molecule has 0 saturated heterocycles. The highest BCUT2D eigenvalue weighted by Gasteiger charge is 2.17. The molecule has 0 aliphatic rings. The molecule has 6 nitrogen and oxygen atoms in total. The molecule has 0 saturated carbocycles. The van der Waals surface area contributed by atoms with Crippen molar-refractivity contribution in [2.45, 2.75) is 17.5 Å². The van der Waals surface area contributed by atoms with E-state index in [0.717, 1.165) is 27.6 Å². The Kier molecular flexibility index (Phi) is 5.21. The van der Waals surface area contributed by atoms with Gasteiger partial charge in [-0.3, -0.25) is 9.55 Å². The largest absolute Gasteiger partial charge is 0.322 e. The molecule has 4 aromatic heterocycles. The highest BCUT2D eigenvalue weighted by molar-refractivity contribution is 7.98. The Morgan fingerprint density at radius 3 is 2.65 bits per heavy atom. The third-order valence-electron chi connectivity index (χ3n) is 5.05. The Bertz CT molecular complexity index is 1370. The maximum Gasteiger partial charge on any atom is 0.192 e. The minimum Gasteiger partial charge on any atom is -0.322 e. The van der Waals surface area contributed by atoms with E-state index in [0.29, 0.717) is 17.9 Å². The molecule has 0 unspecified atom stereocenters. The highest BCUT2D eigenvalue weighted by Crippen LogP contribution is 2.29. The molecule has 0 N–H and O–H groups in total. The standard InChI is InChI=1S/C24H18N6S/c25-13-21-20(16-29-12-5-4-10-22(21)29)17-31-24-28-27-23(19-9-6-11-26-14-19)30(24)15-18-7-2-1-3-8-18/h1-12,14,16H,15,17H2. The van der Waals surface area contributed by atoms with Crippen molar-refractivity contribution in [3.05, 3.63) is 102 Å². The van der Waals surface area contributed by atoms with Crippen LogP contribution in [0.3, 0.4) is 0 Å². The molecule has 0 bridgehead atoms. The summed E-state index contributed by atoms with van der Waals surface area (Å²) < 4.78 is 4.10. The van der Waals surface area contributed by atoms with Gasteiger partial charge in [0.1, 0.15) is 6.07 Å². The minimum atomic E-state index is 0.630. The van der Waals surface area contributed by atoms with Crippen LogP contribution in [0.4, 0.5) is 0 Å². The number of thioether (sulfide) groups is 1. The smallest absolute Gasteiger partial charge is 0.192 e. The van der Waals surface area contributed by atoms with Gasteiger partial charge in [0.15, 0.2) is 11.0 Å². The Morgan fingerprint density at radius 1 is 0.968 bits per heavy atom. The number of rotatable bonds is 6. The van der Waals surface area contributed by atoms with Crippen molar-refractivity contribution < 1.29 is 0 Å². The number of hydrogen-bond donors (Lipinski definition) is 0. The first-order valence-corrected chi connectivity index (χ1v) is 10.8. The van der Waals surface area contributed by atoms with Gasteiger partial charge in [-0.05, 0) is 35.4 Å². The van der Waals surface area contributed by atoms with E-state index in [1.165, 1.54) is 5.56 Å². The van der Waals surface area contributed by atoms with Crippen LogP contribution in [0.15, 0.2) is 90.6 Å². The van der Waals surface area contributed by atoms with E-state index in [9.17, 15) is 5.26 Å². The van der Waals surface area contributed by atoms with E-state index < -0.39 is 0 Å². The second-order valence-corrected chi connectivity index (χ2v) is 7.99. The summed E-state index contributed by atoms with van der Waals surface area (Å²) >= 11 is 1.58. The Morgan fingerprint density at radius 2 is 1.84 bits per heavy atom. The lowest BCUT2D eigenvalue weighted by Gasteiger charge is -2.10. The monoisotopic (exact) mass is 422 g/mol. The SMILES string of the molecule is N#Cc1c(CSc2nnc(-c3cccnc3)n2Cc2ccccc2)cn2ccccc12. The minimum absolute atomic E-state index is 0.630. The van der Waals surface area contributed by atoms with Gasteiger partial charge in [-0.25, -0.2) is 0 Å². The number of nitriles is 1. The van der Waals surface area contributed by atoms with Gasteiger partial charge in [-0.2, -0.15) is 5.26 Å². The van der Waals surface area contributed by atoms with Gasteiger partial charge < -0.3 is 4.40 Å². The zero-order chi connectivity index (χ0) is 21.0. The third-order valence-corrected chi connectivity index (χ3v) is 6.07. The van der Waals surface area contributed by atoms with Gasteiger partial charge in [-0.1, -0.05) is 48.2 Å². The number of benzene rings is 1. The number of fused-ring (bicyclic) bond motifs is 1. The Labute approximate surface area is 183 Å². The summed E-state index contributed by atoms with van der Waals surface area (Å²) in [5, 5.41) is 19.4. The first-order valence-electron chi connectivity index (χ1n) is 9.82. The summed E-state index contributed by atoms with van der Waals surface area (Å²) in [7, 11) is 0. The average molecular weight is 423 g/mol. The molecule has 0 amide bonds. The zero-order valence-corrected chi connectivity index (χ0v) is 17.4. The van der Waals surface area contributed by atoms with Crippen LogP contribution in [0.2, 0.25) is 0 Å². The average Bonchev–Trinajstić information content (AvgIpc) is 3.39. The predicted molar refractivity (Wildman–Crippen MR) is 120 cm³/mol. The van der Waals surface area contributed by atoms with E-state index in [2.05, 4.69) is 38.0 Å². The highest BCUT2D eigenvalue weighted by atomic mass is 32.2. The third kappa shape index (κ3) is 3.81. The van der Waals surface area contributed by atoms with Crippen LogP contribution < -0.4 is 0 Å². The van der Waals surface area contributed by atoms with Gasteiger partial charge in [0.05, 0.1) is 17.6 Å². The number of hydrogen-bond acceptors (Lipinski definition) is 5. The topological polar surface area (TPSA) is 71.8 Å². The Balaban J connectivity index is 1.49. The summed E-state index contributed by atoms with van der Waals surface area (Å²) in [5.74, 6) is 1.41. The van der Waals surface area contributed by atoms with Gasteiger partial charge in [0, 0.05) is 36.1 Å². The molecule has 7 heteroatoms. The quantitative estimate of drug-likeness (QED) is 0.367. The van der Waals surface area contributed by atoms with Crippen LogP contribution in [0.25, 0.3) is 16.9 Å². The van der Waals surface area contributed by atoms with Crippen molar-refractivity contribution in [1.82, 2.24) is 24.1 Å². The summed E-state index contributed by atoms with van der Waals surface area (Å²) in [4.78, 5) is 4.23. The fourth-order valence-electron chi connectivity index (χ4n) is 3.57. The van der Waals surface area contributed by atoms with E-state index in [-0.39, 0.29) is 0 Å². The lowest BCUT2D eigenvalue weighted by atomic mass is 10.2. The van der Waals surface area contributed by atoms with Crippen LogP contribution in [-0.2, 0) is 12.3 Å². The molecule has 31 heavy (non-hydrogen) atoms. The molecule has 4 heterocycles. The van der Waals surface area contributed by atoms with Crippen molar-refractivity contribution in [3.63, 3.8) is 0 Å². The zero-order valence-electron chi connectivity index (χ0n) is 16.6. The van der Waals surface area contributed by atoms with Crippen LogP contribution in [0.1, 0.15) is 16.7 Å². The van der Waals surface area contributed by atoms with Gasteiger partial charge in [-0.15, -0.1) is 10.2 Å². The molecule has 150 valence electrons. The van der Waals surface area contributed by atoms with Crippen LogP contribution >= 0.6 is 11.8 Å². The first kappa shape index (κ1) is 19.1. The van der Waals surface area contributed by atoms with Crippen LogP contribution in [-0.4, -0.2) is 24.1 Å². The van der Waals surface area contributed by atoms with E-state index in [4.69, 9.17) is 0 Å².